The van der Waals surface area contributed by atoms with Crippen molar-refractivity contribution in [1.82, 2.24) is 10.2 Å². The van der Waals surface area contributed by atoms with Gasteiger partial charge >= 0.3 is 0 Å². The first-order chi connectivity index (χ1) is 17.0. The number of nitrogens with zero attached hydrogens (tertiary/aromatic N) is 2. The Hall–Kier alpha value is -2.10. The van der Waals surface area contributed by atoms with Crippen molar-refractivity contribution in [3.8, 4) is 0 Å². The van der Waals surface area contributed by atoms with Crippen LogP contribution in [0.3, 0.4) is 0 Å². The van der Waals surface area contributed by atoms with Gasteiger partial charge in [-0.15, -0.1) is 0 Å². The van der Waals surface area contributed by atoms with Crippen molar-refractivity contribution in [1.29, 1.82) is 0 Å². The summed E-state index contributed by atoms with van der Waals surface area (Å²) in [5.74, 6) is -0.358. The van der Waals surface area contributed by atoms with E-state index in [-0.39, 0.29) is 30.8 Å². The van der Waals surface area contributed by atoms with E-state index < -0.39 is 16.1 Å². The maximum absolute atomic E-state index is 13.4. The fourth-order valence-corrected chi connectivity index (χ4v) is 5.73. The van der Waals surface area contributed by atoms with Crippen molar-refractivity contribution < 1.29 is 18.0 Å². The van der Waals surface area contributed by atoms with E-state index in [4.69, 9.17) is 11.6 Å². The van der Waals surface area contributed by atoms with Crippen LogP contribution >= 0.6 is 27.5 Å². The maximum Gasteiger partial charge on any atom is 0.242 e. The van der Waals surface area contributed by atoms with Gasteiger partial charge in [0.15, 0.2) is 0 Å². The van der Waals surface area contributed by atoms with Crippen LogP contribution in [0, 0.1) is 0 Å². The van der Waals surface area contributed by atoms with E-state index in [0.717, 1.165) is 42.0 Å². The Morgan fingerprint density at radius 1 is 1.08 bits per heavy atom. The molecule has 10 heteroatoms. The largest absolute Gasteiger partial charge is 0.352 e. The van der Waals surface area contributed by atoms with E-state index in [2.05, 4.69) is 21.2 Å². The van der Waals surface area contributed by atoms with Crippen molar-refractivity contribution in [3.05, 3.63) is 63.6 Å². The summed E-state index contributed by atoms with van der Waals surface area (Å²) in [6.45, 7) is 2.18. The minimum Gasteiger partial charge on any atom is -0.352 e. The molecule has 1 fully saturated rings. The highest BCUT2D eigenvalue weighted by molar-refractivity contribution is 9.10. The van der Waals surface area contributed by atoms with Crippen molar-refractivity contribution >= 4 is 55.1 Å². The van der Waals surface area contributed by atoms with Crippen molar-refractivity contribution in [2.75, 3.05) is 17.1 Å². The quantitative estimate of drug-likeness (QED) is 0.389. The highest BCUT2D eigenvalue weighted by Gasteiger charge is 2.28. The first-order valence-electron chi connectivity index (χ1n) is 12.1. The molecule has 36 heavy (non-hydrogen) atoms. The molecular formula is C26H33BrClN3O4S. The summed E-state index contributed by atoms with van der Waals surface area (Å²) in [5.41, 5.74) is 1.40. The number of carbonyl (C=O) groups excluding carboxylic acids is 2. The lowest BCUT2D eigenvalue weighted by molar-refractivity contribution is -0.141. The number of rotatable bonds is 11. The predicted molar refractivity (Wildman–Crippen MR) is 147 cm³/mol. The van der Waals surface area contributed by atoms with Crippen LogP contribution in [0.25, 0.3) is 0 Å². The molecule has 0 heterocycles. The predicted octanol–water partition coefficient (Wildman–Crippen LogP) is 5.12. The lowest BCUT2D eigenvalue weighted by Crippen LogP contribution is -2.49. The molecule has 0 spiro atoms. The van der Waals surface area contributed by atoms with Gasteiger partial charge in [-0.3, -0.25) is 13.9 Å². The third-order valence-electron chi connectivity index (χ3n) is 6.40. The maximum atomic E-state index is 13.4. The molecule has 1 unspecified atom stereocenters. The third kappa shape index (κ3) is 8.21. The number of sulfonamides is 1. The molecule has 196 valence electrons. The Kier molecular flexibility index (Phi) is 10.2. The van der Waals surface area contributed by atoms with Gasteiger partial charge in [-0.1, -0.05) is 52.5 Å². The monoisotopic (exact) mass is 597 g/mol. The fourth-order valence-electron chi connectivity index (χ4n) is 4.37. The van der Waals surface area contributed by atoms with Crippen LogP contribution < -0.4 is 9.62 Å². The number of hydrogen-bond acceptors (Lipinski definition) is 4. The van der Waals surface area contributed by atoms with Gasteiger partial charge in [0.2, 0.25) is 21.8 Å². The van der Waals surface area contributed by atoms with Crippen LogP contribution in [-0.2, 0) is 26.2 Å². The summed E-state index contributed by atoms with van der Waals surface area (Å²) >= 11 is 9.36. The zero-order valence-corrected chi connectivity index (χ0v) is 23.8. The van der Waals surface area contributed by atoms with Crippen LogP contribution in [0.15, 0.2) is 53.0 Å². The summed E-state index contributed by atoms with van der Waals surface area (Å²) in [5, 5.41) is 3.60. The molecule has 2 amide bonds. The smallest absolute Gasteiger partial charge is 0.242 e. The fraction of sp³-hybridized carbons (Fsp3) is 0.462. The minimum absolute atomic E-state index is 0.108. The van der Waals surface area contributed by atoms with E-state index in [1.54, 1.807) is 36.1 Å². The lowest BCUT2D eigenvalue weighted by Gasteiger charge is -2.30. The number of carbonyl (C=O) groups is 2. The molecule has 0 radical (unpaired) electrons. The van der Waals surface area contributed by atoms with Gasteiger partial charge < -0.3 is 10.2 Å². The minimum atomic E-state index is -3.55. The number of benzene rings is 2. The summed E-state index contributed by atoms with van der Waals surface area (Å²) in [6.07, 6.45) is 5.69. The average Bonchev–Trinajstić information content (AvgIpc) is 3.34. The lowest BCUT2D eigenvalue weighted by atomic mass is 10.1. The summed E-state index contributed by atoms with van der Waals surface area (Å²) in [6, 6.07) is 13.7. The Morgan fingerprint density at radius 3 is 2.28 bits per heavy atom. The van der Waals surface area contributed by atoms with Gasteiger partial charge in [-0.2, -0.15) is 0 Å². The zero-order valence-electron chi connectivity index (χ0n) is 20.6. The molecule has 0 saturated heterocycles. The second kappa shape index (κ2) is 12.9. The van der Waals surface area contributed by atoms with Crippen LogP contribution in [0.1, 0.15) is 51.0 Å². The number of nitrogens with one attached hydrogen (secondary N) is 1. The molecule has 1 aliphatic carbocycles. The van der Waals surface area contributed by atoms with E-state index in [1.165, 1.54) is 4.31 Å². The molecule has 1 atom stereocenters. The molecule has 0 bridgehead atoms. The van der Waals surface area contributed by atoms with Crippen LogP contribution in [0.5, 0.6) is 0 Å². The second-order valence-electron chi connectivity index (χ2n) is 9.23. The molecule has 2 aromatic rings. The van der Waals surface area contributed by atoms with Gasteiger partial charge in [0.25, 0.3) is 0 Å². The number of anilines is 1. The standard InChI is InChI=1S/C26H33BrClN3O4S/c1-19(26(33)29-23-6-3-4-7-23)30(18-20-9-11-21(27)12-10-20)25(32)8-5-17-31(36(2,34)35)24-15-13-22(28)14-16-24/h9-16,19,23H,3-8,17-18H2,1-2H3,(H,29,33). The van der Waals surface area contributed by atoms with Gasteiger partial charge in [0.1, 0.15) is 6.04 Å². The Labute approximate surface area is 227 Å². The van der Waals surface area contributed by atoms with Crippen molar-refractivity contribution in [2.45, 2.75) is 64.1 Å². The molecular weight excluding hydrogens is 566 g/mol. The molecule has 0 aromatic heterocycles. The molecule has 0 aliphatic heterocycles. The first-order valence-corrected chi connectivity index (χ1v) is 15.1. The molecule has 3 rings (SSSR count). The number of halogens is 2. The van der Waals surface area contributed by atoms with E-state index >= 15 is 0 Å². The van der Waals surface area contributed by atoms with E-state index in [0.29, 0.717) is 23.7 Å². The van der Waals surface area contributed by atoms with Gasteiger partial charge in [-0.05, 0) is 68.1 Å². The molecule has 1 saturated carbocycles. The molecule has 1 N–H and O–H groups in total. The van der Waals surface area contributed by atoms with Crippen LogP contribution in [0.4, 0.5) is 5.69 Å². The normalized spacial score (nSPS) is 14.9. The molecule has 1 aliphatic rings. The van der Waals surface area contributed by atoms with E-state index in [1.807, 2.05) is 24.3 Å². The SMILES string of the molecule is CC(C(=O)NC1CCCC1)N(Cc1ccc(Br)cc1)C(=O)CCCN(c1ccc(Cl)cc1)S(C)(=O)=O. The van der Waals surface area contributed by atoms with Gasteiger partial charge in [-0.25, -0.2) is 8.42 Å². The Morgan fingerprint density at radius 2 is 1.69 bits per heavy atom. The second-order valence-corrected chi connectivity index (χ2v) is 12.5. The topological polar surface area (TPSA) is 86.8 Å². The zero-order chi connectivity index (χ0) is 26.3. The number of amides is 2. The average molecular weight is 599 g/mol. The summed E-state index contributed by atoms with van der Waals surface area (Å²) < 4.78 is 27.0. The van der Waals surface area contributed by atoms with Gasteiger partial charge in [0, 0.05) is 35.0 Å². The van der Waals surface area contributed by atoms with Crippen molar-refractivity contribution in [2.24, 2.45) is 0 Å². The van der Waals surface area contributed by atoms with Crippen molar-refractivity contribution in [3.63, 3.8) is 0 Å². The highest BCUT2D eigenvalue weighted by Crippen LogP contribution is 2.22. The summed E-state index contributed by atoms with van der Waals surface area (Å²) in [7, 11) is -3.55. The summed E-state index contributed by atoms with van der Waals surface area (Å²) in [4.78, 5) is 27.9. The van der Waals surface area contributed by atoms with Crippen LogP contribution in [0.2, 0.25) is 5.02 Å². The molecule has 7 nitrogen and oxygen atoms in total. The highest BCUT2D eigenvalue weighted by atomic mass is 79.9. The van der Waals surface area contributed by atoms with Gasteiger partial charge in [0.05, 0.1) is 11.9 Å². The third-order valence-corrected chi connectivity index (χ3v) is 8.38. The Balaban J connectivity index is 1.70. The molecule has 2 aromatic carbocycles. The number of hydrogen-bond donors (Lipinski definition) is 1. The Bertz CT molecular complexity index is 1140. The first kappa shape index (κ1) is 28.5. The van der Waals surface area contributed by atoms with Crippen LogP contribution in [-0.4, -0.2) is 50.0 Å². The van der Waals surface area contributed by atoms with E-state index in [9.17, 15) is 18.0 Å².